The largest absolute Gasteiger partial charge is 0.482 e. The number of carbonyl (C=O) groups excluding carboxylic acids is 2. The number of fused-ring (bicyclic) bond motifs is 2. The molecule has 0 radical (unpaired) electrons. The van der Waals surface area contributed by atoms with Crippen molar-refractivity contribution < 1.29 is 14.3 Å². The van der Waals surface area contributed by atoms with Gasteiger partial charge in [-0.05, 0) is 35.9 Å². The minimum atomic E-state index is -0.297. The molecule has 1 amide bonds. The Bertz CT molecular complexity index is 1510. The average Bonchev–Trinajstić information content (AvgIpc) is 3.28. The van der Waals surface area contributed by atoms with E-state index in [2.05, 4.69) is 11.6 Å². The van der Waals surface area contributed by atoms with Crippen molar-refractivity contribution in [1.29, 1.82) is 0 Å². The van der Waals surface area contributed by atoms with Gasteiger partial charge >= 0.3 is 0 Å². The number of ketones is 1. The molecule has 9 heteroatoms. The van der Waals surface area contributed by atoms with Crippen LogP contribution in [0, 0.1) is 0 Å². The molecule has 7 nitrogen and oxygen atoms in total. The van der Waals surface area contributed by atoms with Crippen molar-refractivity contribution in [1.82, 2.24) is 9.55 Å². The van der Waals surface area contributed by atoms with Gasteiger partial charge in [-0.3, -0.25) is 19.0 Å². The number of carbonyl (C=O) groups is 2. The molecule has 34 heavy (non-hydrogen) atoms. The first-order valence-electron chi connectivity index (χ1n) is 10.4. The van der Waals surface area contributed by atoms with Crippen LogP contribution in [-0.4, -0.2) is 34.4 Å². The Balaban J connectivity index is 1.49. The van der Waals surface area contributed by atoms with Gasteiger partial charge in [0.1, 0.15) is 10.6 Å². The second-order valence-electron chi connectivity index (χ2n) is 7.70. The summed E-state index contributed by atoms with van der Waals surface area (Å²) >= 11 is 7.36. The van der Waals surface area contributed by atoms with Crippen LogP contribution in [-0.2, 0) is 11.3 Å². The molecule has 0 N–H and O–H groups in total. The zero-order valence-electron chi connectivity index (χ0n) is 17.9. The van der Waals surface area contributed by atoms with Crippen LogP contribution < -0.4 is 15.2 Å². The standard InChI is InChI=1S/C25H18ClN3O4S/c1-2-9-29-19-10-16(5-8-21(19)33-12-22(29)31)20(30)11-28-14-27-24-23(25(28)32)18(13-34-24)15-3-6-17(26)7-4-15/h2-8,10,13-14H,1,9,11-12H2. The molecule has 0 aliphatic carbocycles. The molecule has 4 aromatic rings. The van der Waals surface area contributed by atoms with E-state index in [-0.39, 0.29) is 30.4 Å². The predicted octanol–water partition coefficient (Wildman–Crippen LogP) is 4.57. The lowest BCUT2D eigenvalue weighted by Crippen LogP contribution is -2.39. The van der Waals surface area contributed by atoms with Crippen LogP contribution in [0.2, 0.25) is 5.02 Å². The topological polar surface area (TPSA) is 81.5 Å². The first-order valence-corrected chi connectivity index (χ1v) is 11.7. The van der Waals surface area contributed by atoms with E-state index in [0.29, 0.717) is 38.8 Å². The van der Waals surface area contributed by atoms with Gasteiger partial charge in [0.25, 0.3) is 11.5 Å². The van der Waals surface area contributed by atoms with Crippen molar-refractivity contribution in [2.45, 2.75) is 6.54 Å². The van der Waals surface area contributed by atoms with Gasteiger partial charge in [-0.1, -0.05) is 29.8 Å². The van der Waals surface area contributed by atoms with E-state index in [1.807, 2.05) is 17.5 Å². The summed E-state index contributed by atoms with van der Waals surface area (Å²) in [6.07, 6.45) is 3.00. The van der Waals surface area contributed by atoms with Gasteiger partial charge in [-0.15, -0.1) is 17.9 Å². The minimum absolute atomic E-state index is 0.0637. The number of thiophene rings is 1. The maximum Gasteiger partial charge on any atom is 0.265 e. The number of hydrogen-bond donors (Lipinski definition) is 0. The number of hydrogen-bond acceptors (Lipinski definition) is 6. The van der Waals surface area contributed by atoms with E-state index >= 15 is 0 Å². The number of benzene rings is 2. The van der Waals surface area contributed by atoms with Crippen LogP contribution in [0.5, 0.6) is 5.75 Å². The third-order valence-corrected chi connectivity index (χ3v) is 6.70. The lowest BCUT2D eigenvalue weighted by Gasteiger charge is -2.28. The second kappa shape index (κ2) is 8.89. The number of ether oxygens (including phenoxy) is 1. The van der Waals surface area contributed by atoms with E-state index in [9.17, 15) is 14.4 Å². The summed E-state index contributed by atoms with van der Waals surface area (Å²) in [6, 6.07) is 12.1. The Labute approximate surface area is 203 Å². The van der Waals surface area contributed by atoms with Crippen molar-refractivity contribution in [2.24, 2.45) is 0 Å². The van der Waals surface area contributed by atoms with E-state index < -0.39 is 0 Å². The molecule has 3 heterocycles. The van der Waals surface area contributed by atoms with Crippen LogP contribution >= 0.6 is 22.9 Å². The van der Waals surface area contributed by atoms with Crippen LogP contribution in [0.15, 0.2) is 71.6 Å². The van der Waals surface area contributed by atoms with Crippen molar-refractivity contribution in [2.75, 3.05) is 18.1 Å². The molecular formula is C25H18ClN3O4S. The van der Waals surface area contributed by atoms with E-state index in [1.54, 1.807) is 36.4 Å². The molecule has 0 atom stereocenters. The highest BCUT2D eigenvalue weighted by atomic mass is 35.5. The number of anilines is 1. The maximum atomic E-state index is 13.3. The third kappa shape index (κ3) is 3.91. The summed E-state index contributed by atoms with van der Waals surface area (Å²) in [5.41, 5.74) is 2.17. The normalized spacial score (nSPS) is 13.0. The molecule has 5 rings (SSSR count). The SMILES string of the molecule is C=CCN1C(=O)COc2ccc(C(=O)Cn3cnc4scc(-c5ccc(Cl)cc5)c4c3=O)cc21. The third-order valence-electron chi connectivity index (χ3n) is 5.57. The molecule has 0 fully saturated rings. The van der Waals surface area contributed by atoms with Gasteiger partial charge in [0, 0.05) is 28.1 Å². The van der Waals surface area contributed by atoms with Crippen LogP contribution in [0.4, 0.5) is 5.69 Å². The quantitative estimate of drug-likeness (QED) is 0.291. The predicted molar refractivity (Wildman–Crippen MR) is 133 cm³/mol. The summed E-state index contributed by atoms with van der Waals surface area (Å²) in [5, 5.41) is 2.95. The molecule has 2 aromatic carbocycles. The number of rotatable bonds is 6. The number of Topliss-reactive ketones (excluding diaryl/α,β-unsaturated/α-hetero) is 1. The van der Waals surface area contributed by atoms with Crippen LogP contribution in [0.3, 0.4) is 0 Å². The molecule has 0 spiro atoms. The van der Waals surface area contributed by atoms with Gasteiger partial charge in [-0.2, -0.15) is 0 Å². The van der Waals surface area contributed by atoms with Gasteiger partial charge < -0.3 is 9.64 Å². The van der Waals surface area contributed by atoms with E-state index in [4.69, 9.17) is 16.3 Å². The van der Waals surface area contributed by atoms with Gasteiger partial charge in [0.2, 0.25) is 0 Å². The van der Waals surface area contributed by atoms with Gasteiger partial charge in [0.15, 0.2) is 12.4 Å². The summed E-state index contributed by atoms with van der Waals surface area (Å²) in [4.78, 5) is 45.1. The highest BCUT2D eigenvalue weighted by Gasteiger charge is 2.26. The zero-order valence-corrected chi connectivity index (χ0v) is 19.4. The number of halogens is 1. The van der Waals surface area contributed by atoms with Crippen molar-refractivity contribution in [3.05, 3.63) is 87.8 Å². The Hall–Kier alpha value is -3.75. The Morgan fingerprint density at radius 3 is 2.76 bits per heavy atom. The number of nitrogens with zero attached hydrogens (tertiary/aromatic N) is 3. The number of aromatic nitrogens is 2. The lowest BCUT2D eigenvalue weighted by atomic mass is 10.1. The smallest absolute Gasteiger partial charge is 0.265 e. The van der Waals surface area contributed by atoms with Crippen molar-refractivity contribution in [3.63, 3.8) is 0 Å². The summed E-state index contributed by atoms with van der Waals surface area (Å²) in [5.74, 6) is 0.0186. The second-order valence-corrected chi connectivity index (χ2v) is 9.00. The van der Waals surface area contributed by atoms with Gasteiger partial charge in [-0.25, -0.2) is 4.98 Å². The molecule has 0 bridgehead atoms. The zero-order chi connectivity index (χ0) is 23.8. The number of amides is 1. The Morgan fingerprint density at radius 1 is 1.21 bits per heavy atom. The Morgan fingerprint density at radius 2 is 2.00 bits per heavy atom. The average molecular weight is 492 g/mol. The monoisotopic (exact) mass is 491 g/mol. The molecule has 170 valence electrons. The fourth-order valence-corrected chi connectivity index (χ4v) is 4.91. The molecule has 0 saturated heterocycles. The Kier molecular flexibility index (Phi) is 5.77. The first-order chi connectivity index (χ1) is 16.5. The summed E-state index contributed by atoms with van der Waals surface area (Å²) in [6.45, 7) is 3.74. The van der Waals surface area contributed by atoms with Gasteiger partial charge in [0.05, 0.1) is 23.9 Å². The van der Waals surface area contributed by atoms with Crippen LogP contribution in [0.1, 0.15) is 10.4 Å². The highest BCUT2D eigenvalue weighted by molar-refractivity contribution is 7.17. The highest BCUT2D eigenvalue weighted by Crippen LogP contribution is 2.34. The molecule has 1 aliphatic heterocycles. The van der Waals surface area contributed by atoms with E-state index in [1.165, 1.54) is 27.1 Å². The first kappa shape index (κ1) is 22.1. The fourth-order valence-electron chi connectivity index (χ4n) is 3.87. The van der Waals surface area contributed by atoms with E-state index in [0.717, 1.165) is 11.1 Å². The lowest BCUT2D eigenvalue weighted by molar-refractivity contribution is -0.121. The molecular weight excluding hydrogens is 474 g/mol. The summed E-state index contributed by atoms with van der Waals surface area (Å²) < 4.78 is 6.78. The van der Waals surface area contributed by atoms with Crippen molar-refractivity contribution in [3.8, 4) is 16.9 Å². The fraction of sp³-hybridized carbons (Fsp3) is 0.120. The molecule has 0 unspecified atom stereocenters. The molecule has 0 saturated carbocycles. The maximum absolute atomic E-state index is 13.3. The molecule has 2 aromatic heterocycles. The minimum Gasteiger partial charge on any atom is -0.482 e. The summed E-state index contributed by atoms with van der Waals surface area (Å²) in [7, 11) is 0. The van der Waals surface area contributed by atoms with Crippen molar-refractivity contribution >= 4 is 50.5 Å². The van der Waals surface area contributed by atoms with Crippen LogP contribution in [0.25, 0.3) is 21.3 Å². The molecule has 1 aliphatic rings.